The van der Waals surface area contributed by atoms with Crippen LogP contribution in [0, 0.1) is 35.3 Å². The summed E-state index contributed by atoms with van der Waals surface area (Å²) in [5, 5.41) is 18.7. The number of hydrazine groups is 1. The lowest BCUT2D eigenvalue weighted by Gasteiger charge is -2.38. The van der Waals surface area contributed by atoms with E-state index in [9.17, 15) is 28.0 Å². The van der Waals surface area contributed by atoms with Gasteiger partial charge in [0.2, 0.25) is 0 Å². The second-order valence-corrected chi connectivity index (χ2v) is 13.6. The Morgan fingerprint density at radius 1 is 0.655 bits per heavy atom. The molecule has 4 aromatic heterocycles. The molecule has 4 N–H and O–H groups in total. The lowest BCUT2D eigenvalue weighted by atomic mass is 10.2. The molecule has 8 rings (SSSR count). The van der Waals surface area contributed by atoms with Crippen LogP contribution in [-0.4, -0.2) is 38.7 Å². The molecule has 2 atom stereocenters. The van der Waals surface area contributed by atoms with Crippen molar-refractivity contribution in [2.45, 2.75) is 65.2 Å². The fraction of sp³-hybridized carbons (Fsp3) is 0.250. The summed E-state index contributed by atoms with van der Waals surface area (Å²) >= 11 is 0. The zero-order chi connectivity index (χ0) is 40.5. The van der Waals surface area contributed by atoms with Crippen molar-refractivity contribution in [3.05, 3.63) is 149 Å². The maximum absolute atomic E-state index is 14.0. The number of benzene rings is 2. The van der Waals surface area contributed by atoms with Crippen LogP contribution in [-0.2, 0) is 26.2 Å². The van der Waals surface area contributed by atoms with E-state index in [-0.39, 0.29) is 55.0 Å². The number of anilines is 4. The third kappa shape index (κ3) is 7.03. The monoisotopic (exact) mass is 786 g/mol. The van der Waals surface area contributed by atoms with Crippen LogP contribution in [0.2, 0.25) is 0 Å². The van der Waals surface area contributed by atoms with Crippen molar-refractivity contribution in [2.75, 3.05) is 20.7 Å². The molecule has 0 fully saturated rings. The molecule has 6 heterocycles. The number of rotatable bonds is 9. The van der Waals surface area contributed by atoms with Gasteiger partial charge in [0.15, 0.2) is 11.6 Å². The van der Waals surface area contributed by atoms with E-state index < -0.39 is 40.6 Å². The highest BCUT2D eigenvalue weighted by molar-refractivity contribution is 5.80. The first-order valence-electron chi connectivity index (χ1n) is 18.5. The van der Waals surface area contributed by atoms with Gasteiger partial charge in [0, 0.05) is 47.7 Å². The summed E-state index contributed by atoms with van der Waals surface area (Å²) in [5.41, 5.74) is -0.0612. The minimum absolute atomic E-state index is 0.0809. The number of aromatic nitrogens is 8. The van der Waals surface area contributed by atoms with Crippen molar-refractivity contribution in [3.63, 3.8) is 0 Å². The van der Waals surface area contributed by atoms with Crippen LogP contribution in [0.5, 0.6) is 0 Å². The van der Waals surface area contributed by atoms with E-state index in [1.54, 1.807) is 68.4 Å². The highest BCUT2D eigenvalue weighted by atomic mass is 19.1. The number of nitrogens with one attached hydrogen (secondary N) is 4. The van der Waals surface area contributed by atoms with Gasteiger partial charge in [0.25, 0.3) is 11.1 Å². The summed E-state index contributed by atoms with van der Waals surface area (Å²) in [6, 6.07) is 11.7. The van der Waals surface area contributed by atoms with E-state index in [0.717, 1.165) is 9.13 Å². The molecule has 0 amide bonds. The van der Waals surface area contributed by atoms with Gasteiger partial charge in [-0.05, 0) is 55.3 Å². The Bertz CT molecular complexity index is 2900. The summed E-state index contributed by atoms with van der Waals surface area (Å²) in [5.74, 6) is 11.3. The minimum atomic E-state index is -0.922. The van der Waals surface area contributed by atoms with Gasteiger partial charge in [0.05, 0.1) is 12.4 Å². The van der Waals surface area contributed by atoms with Crippen LogP contribution >= 0.6 is 0 Å². The smallest absolute Gasteiger partial charge is 0.330 e. The fourth-order valence-corrected chi connectivity index (χ4v) is 6.90. The van der Waals surface area contributed by atoms with Crippen molar-refractivity contribution >= 4 is 23.0 Å². The molecular formula is C40H36F2N12O4. The van der Waals surface area contributed by atoms with Gasteiger partial charge < -0.3 is 10.6 Å². The Morgan fingerprint density at radius 3 is 1.64 bits per heavy atom. The van der Waals surface area contributed by atoms with E-state index in [1.807, 2.05) is 13.8 Å². The van der Waals surface area contributed by atoms with Crippen LogP contribution in [0.1, 0.15) is 61.3 Å². The number of halogens is 2. The zero-order valence-corrected chi connectivity index (χ0v) is 31.3. The van der Waals surface area contributed by atoms with Crippen molar-refractivity contribution in [1.82, 2.24) is 38.7 Å². The Kier molecular flexibility index (Phi) is 9.98. The van der Waals surface area contributed by atoms with Gasteiger partial charge in [-0.1, -0.05) is 43.6 Å². The van der Waals surface area contributed by atoms with Gasteiger partial charge in [-0.15, -0.1) is 0 Å². The number of hydrogen-bond acceptors (Lipinski definition) is 10. The van der Waals surface area contributed by atoms with Crippen molar-refractivity contribution < 1.29 is 8.78 Å². The van der Waals surface area contributed by atoms with Crippen LogP contribution in [0.25, 0.3) is 0 Å². The maximum Gasteiger partial charge on any atom is 0.330 e. The number of hydrogen-bond donors (Lipinski definition) is 4. The average molecular weight is 787 g/mol. The molecular weight excluding hydrogens is 751 g/mol. The summed E-state index contributed by atoms with van der Waals surface area (Å²) in [4.78, 5) is 60.7. The fourth-order valence-electron chi connectivity index (χ4n) is 6.90. The molecule has 16 nitrogen and oxygen atoms in total. The SMILES string of the molecule is CCCn1c(=O)[nH]c2c(c1=O)NC(c1cnn(CC#Cc3ccc(F)cc3)c1)N2N1c2[nH]c(=O)n(CCC)c(=O)c2NC1c1cnn(CC#Cc2cccc(F)c2)c1. The number of H-pyrrole nitrogens is 2. The largest absolute Gasteiger partial charge is 0.352 e. The van der Waals surface area contributed by atoms with Gasteiger partial charge >= 0.3 is 11.4 Å². The van der Waals surface area contributed by atoms with Crippen LogP contribution in [0.4, 0.5) is 31.8 Å². The lowest BCUT2D eigenvalue weighted by Crippen LogP contribution is -2.48. The second-order valence-electron chi connectivity index (χ2n) is 13.6. The first-order valence-corrected chi connectivity index (χ1v) is 18.5. The first-order chi connectivity index (χ1) is 28.1. The summed E-state index contributed by atoms with van der Waals surface area (Å²) in [7, 11) is 0. The van der Waals surface area contributed by atoms with Gasteiger partial charge in [0.1, 0.15) is 48.4 Å². The number of fused-ring (bicyclic) bond motifs is 2. The molecule has 2 aliphatic rings. The summed E-state index contributed by atoms with van der Waals surface area (Å²) in [6.07, 6.45) is 5.78. The van der Waals surface area contributed by atoms with Crippen LogP contribution in [0.15, 0.2) is 92.5 Å². The number of aromatic amines is 2. The van der Waals surface area contributed by atoms with Crippen LogP contribution < -0.4 is 43.1 Å². The van der Waals surface area contributed by atoms with Crippen molar-refractivity contribution in [2.24, 2.45) is 0 Å². The Balaban J connectivity index is 1.22. The molecule has 18 heteroatoms. The first kappa shape index (κ1) is 37.3. The van der Waals surface area contributed by atoms with E-state index in [4.69, 9.17) is 0 Å². The Hall–Kier alpha value is -7.60. The molecule has 0 spiro atoms. The molecule has 58 heavy (non-hydrogen) atoms. The topological polar surface area (TPSA) is 176 Å². The third-order valence-corrected chi connectivity index (χ3v) is 9.52. The van der Waals surface area contributed by atoms with Crippen molar-refractivity contribution in [3.8, 4) is 23.7 Å². The molecule has 0 saturated carbocycles. The molecule has 6 aromatic rings. The van der Waals surface area contributed by atoms with Gasteiger partial charge in [-0.25, -0.2) is 28.4 Å². The average Bonchev–Trinajstić information content (AvgIpc) is 4.01. The molecule has 2 aromatic carbocycles. The summed E-state index contributed by atoms with van der Waals surface area (Å²) < 4.78 is 32.5. The number of nitrogens with zero attached hydrogens (tertiary/aromatic N) is 8. The highest BCUT2D eigenvalue weighted by Gasteiger charge is 2.46. The molecule has 0 saturated heterocycles. The predicted molar refractivity (Wildman–Crippen MR) is 212 cm³/mol. The molecule has 0 aliphatic carbocycles. The van der Waals surface area contributed by atoms with E-state index >= 15 is 0 Å². The van der Waals surface area contributed by atoms with E-state index in [2.05, 4.69) is 54.5 Å². The normalized spacial score (nSPS) is 15.2. The Labute approximate surface area is 328 Å². The lowest BCUT2D eigenvalue weighted by molar-refractivity contribution is 0.590. The third-order valence-electron chi connectivity index (χ3n) is 9.52. The van der Waals surface area contributed by atoms with Crippen molar-refractivity contribution in [1.29, 1.82) is 0 Å². The molecule has 294 valence electrons. The van der Waals surface area contributed by atoms with Gasteiger partial charge in [-0.2, -0.15) is 10.2 Å². The minimum Gasteiger partial charge on any atom is -0.352 e. The quantitative estimate of drug-likeness (QED) is 0.159. The Morgan fingerprint density at radius 2 is 1.16 bits per heavy atom. The predicted octanol–water partition coefficient (Wildman–Crippen LogP) is 3.46. The summed E-state index contributed by atoms with van der Waals surface area (Å²) in [6.45, 7) is 4.34. The second kappa shape index (κ2) is 15.5. The zero-order valence-electron chi connectivity index (χ0n) is 31.3. The van der Waals surface area contributed by atoms with Gasteiger partial charge in [-0.3, -0.25) is 38.1 Å². The molecule has 2 aliphatic heterocycles. The maximum atomic E-state index is 14.0. The standard InChI is InChI=1S/C40H36F2N12O4/c1-3-16-51-37(55)31-35(47-39(51)57)53(33(45-31)27-21-43-49(23-27)18-6-9-25-12-14-29(41)15-13-25)54-34(46-32-36(54)48-40(58)52(17-4-2)38(32)56)28-22-44-50(24-28)19-7-10-26-8-5-11-30(42)20-26/h5,8,11-15,20-24,33-34,45-46H,3-4,16-19H2,1-2H3,(H,47,57)(H,48,58). The molecule has 0 radical (unpaired) electrons. The highest BCUT2D eigenvalue weighted by Crippen LogP contribution is 2.46. The molecule has 2 unspecified atom stereocenters. The van der Waals surface area contributed by atoms with E-state index in [1.165, 1.54) is 24.3 Å². The van der Waals surface area contributed by atoms with E-state index in [0.29, 0.717) is 35.1 Å². The molecule has 0 bridgehead atoms. The van der Waals surface area contributed by atoms with Crippen LogP contribution in [0.3, 0.4) is 0 Å².